The number of piperidine rings is 1. The van der Waals surface area contributed by atoms with Gasteiger partial charge < -0.3 is 15.4 Å². The van der Waals surface area contributed by atoms with E-state index in [1.807, 2.05) is 0 Å². The number of alkyl halides is 5. The van der Waals surface area contributed by atoms with Crippen LogP contribution in [0.2, 0.25) is 0 Å². The Labute approximate surface area is 125 Å². The van der Waals surface area contributed by atoms with Crippen LogP contribution in [0.15, 0.2) is 18.2 Å². The lowest BCUT2D eigenvalue weighted by molar-refractivity contribution is -0.137. The van der Waals surface area contributed by atoms with Gasteiger partial charge in [-0.05, 0) is 25.2 Å². The van der Waals surface area contributed by atoms with Crippen molar-refractivity contribution in [3.8, 4) is 5.75 Å². The Morgan fingerprint density at radius 1 is 1.14 bits per heavy atom. The van der Waals surface area contributed by atoms with Gasteiger partial charge in [-0.2, -0.15) is 13.2 Å². The summed E-state index contributed by atoms with van der Waals surface area (Å²) in [5.41, 5.74) is 4.09. The van der Waals surface area contributed by atoms with Gasteiger partial charge in [0.25, 0.3) is 5.92 Å². The lowest BCUT2D eigenvalue weighted by Gasteiger charge is -2.34. The van der Waals surface area contributed by atoms with Crippen LogP contribution in [0.25, 0.3) is 0 Å². The first kappa shape index (κ1) is 18.5. The third kappa shape index (κ3) is 4.46. The van der Waals surface area contributed by atoms with Gasteiger partial charge in [0.15, 0.2) is 0 Å². The molecule has 0 aromatic heterocycles. The number of halogens is 5. The number of ether oxygens (including phenoxy) is 1. The molecule has 1 heterocycles. The first-order chi connectivity index (χ1) is 10.2. The number of hydrogen-bond donors (Lipinski definition) is 1. The summed E-state index contributed by atoms with van der Waals surface area (Å²) in [7, 11) is 2.76. The van der Waals surface area contributed by atoms with Gasteiger partial charge in [-0.1, -0.05) is 0 Å². The molecule has 0 radical (unpaired) electrons. The molecule has 126 valence electrons. The van der Waals surface area contributed by atoms with Crippen molar-refractivity contribution in [2.24, 2.45) is 5.73 Å². The molecule has 8 heteroatoms. The van der Waals surface area contributed by atoms with E-state index < -0.39 is 17.7 Å². The molecule has 1 aromatic rings. The summed E-state index contributed by atoms with van der Waals surface area (Å²) < 4.78 is 69.0. The third-order valence-corrected chi connectivity index (χ3v) is 3.34. The van der Waals surface area contributed by atoms with Crippen LogP contribution >= 0.6 is 0 Å². The summed E-state index contributed by atoms with van der Waals surface area (Å²) in [6.45, 7) is 0.184. The standard InChI is InChI=1S/C13H14F5NO.CH5N/c1-20-11-8-9(13(16,17)18)2-3-10(11)19-6-4-12(14,15)5-7-19;1-2/h2-3,8H,4-7H2,1H3;2H2,1H3. The molecule has 1 aliphatic heterocycles. The maximum absolute atomic E-state index is 13.1. The maximum atomic E-state index is 13.1. The fraction of sp³-hybridized carbons (Fsp3) is 0.571. The Morgan fingerprint density at radius 2 is 1.68 bits per heavy atom. The molecule has 1 fully saturated rings. The predicted molar refractivity (Wildman–Crippen MR) is 74.5 cm³/mol. The molecule has 0 bridgehead atoms. The molecule has 0 spiro atoms. The van der Waals surface area contributed by atoms with Gasteiger partial charge >= 0.3 is 6.18 Å². The minimum absolute atomic E-state index is 0.0463. The molecule has 0 amide bonds. The van der Waals surface area contributed by atoms with Crippen molar-refractivity contribution < 1.29 is 26.7 Å². The second-order valence-electron chi connectivity index (χ2n) is 4.73. The minimum Gasteiger partial charge on any atom is -0.495 e. The van der Waals surface area contributed by atoms with Crippen molar-refractivity contribution >= 4 is 5.69 Å². The van der Waals surface area contributed by atoms with Crippen LogP contribution in [0.3, 0.4) is 0 Å². The molecule has 1 aromatic carbocycles. The van der Waals surface area contributed by atoms with Crippen LogP contribution in [0.4, 0.5) is 27.6 Å². The van der Waals surface area contributed by atoms with E-state index in [0.29, 0.717) is 5.69 Å². The predicted octanol–water partition coefficient (Wildman–Crippen LogP) is 3.52. The fourth-order valence-electron chi connectivity index (χ4n) is 2.19. The fourth-order valence-corrected chi connectivity index (χ4v) is 2.19. The van der Waals surface area contributed by atoms with Crippen LogP contribution in [0.5, 0.6) is 5.75 Å². The van der Waals surface area contributed by atoms with Gasteiger partial charge in [0.2, 0.25) is 0 Å². The molecule has 0 atom stereocenters. The number of hydrogen-bond acceptors (Lipinski definition) is 3. The van der Waals surface area contributed by atoms with E-state index in [1.165, 1.54) is 20.2 Å². The van der Waals surface area contributed by atoms with Gasteiger partial charge in [-0.15, -0.1) is 0 Å². The van der Waals surface area contributed by atoms with Gasteiger partial charge in [0.05, 0.1) is 18.4 Å². The molecular weight excluding hydrogens is 307 g/mol. The zero-order valence-electron chi connectivity index (χ0n) is 12.4. The average Bonchev–Trinajstić information content (AvgIpc) is 2.48. The molecule has 22 heavy (non-hydrogen) atoms. The highest BCUT2D eigenvalue weighted by atomic mass is 19.4. The minimum atomic E-state index is -4.46. The van der Waals surface area contributed by atoms with Crippen molar-refractivity contribution in [3.05, 3.63) is 23.8 Å². The zero-order valence-corrected chi connectivity index (χ0v) is 12.4. The third-order valence-electron chi connectivity index (χ3n) is 3.34. The van der Waals surface area contributed by atoms with E-state index in [1.54, 1.807) is 4.90 Å². The number of benzene rings is 1. The van der Waals surface area contributed by atoms with Crippen molar-refractivity contribution in [3.63, 3.8) is 0 Å². The monoisotopic (exact) mass is 326 g/mol. The highest BCUT2D eigenvalue weighted by molar-refractivity contribution is 5.60. The smallest absolute Gasteiger partial charge is 0.416 e. The van der Waals surface area contributed by atoms with E-state index in [-0.39, 0.29) is 31.7 Å². The molecule has 3 nitrogen and oxygen atoms in total. The molecule has 0 aliphatic carbocycles. The van der Waals surface area contributed by atoms with Crippen LogP contribution in [-0.4, -0.2) is 33.2 Å². The van der Waals surface area contributed by atoms with Crippen LogP contribution in [0, 0.1) is 0 Å². The van der Waals surface area contributed by atoms with Crippen molar-refractivity contribution in [1.29, 1.82) is 0 Å². The van der Waals surface area contributed by atoms with Crippen molar-refractivity contribution in [2.45, 2.75) is 24.9 Å². The van der Waals surface area contributed by atoms with Crippen LogP contribution in [0.1, 0.15) is 18.4 Å². The normalized spacial score (nSPS) is 17.5. The van der Waals surface area contributed by atoms with Gasteiger partial charge in [-0.25, -0.2) is 8.78 Å². The van der Waals surface area contributed by atoms with Crippen molar-refractivity contribution in [2.75, 3.05) is 32.1 Å². The Morgan fingerprint density at radius 3 is 2.14 bits per heavy atom. The average molecular weight is 326 g/mol. The maximum Gasteiger partial charge on any atom is 0.416 e. The van der Waals surface area contributed by atoms with Crippen LogP contribution < -0.4 is 15.4 Å². The first-order valence-electron chi connectivity index (χ1n) is 6.69. The number of rotatable bonds is 2. The van der Waals surface area contributed by atoms with Gasteiger partial charge in [-0.3, -0.25) is 0 Å². The molecule has 0 saturated carbocycles. The molecule has 1 saturated heterocycles. The van der Waals surface area contributed by atoms with E-state index in [0.717, 1.165) is 12.1 Å². The highest BCUT2D eigenvalue weighted by Gasteiger charge is 2.36. The number of nitrogens with zero attached hydrogens (tertiary/aromatic N) is 1. The Hall–Kier alpha value is -1.57. The summed E-state index contributed by atoms with van der Waals surface area (Å²) in [5.74, 6) is -2.65. The molecule has 0 unspecified atom stereocenters. The Balaban J connectivity index is 0.00000116. The summed E-state index contributed by atoms with van der Waals surface area (Å²) in [6, 6.07) is 3.10. The Bertz CT molecular complexity index is 481. The SMILES string of the molecule is CN.COc1cc(C(F)(F)F)ccc1N1CCC(F)(F)CC1. The Kier molecular flexibility index (Phi) is 5.99. The summed E-state index contributed by atoms with van der Waals surface area (Å²) in [5, 5.41) is 0. The second-order valence-corrected chi connectivity index (χ2v) is 4.73. The largest absolute Gasteiger partial charge is 0.495 e. The van der Waals surface area contributed by atoms with Gasteiger partial charge in [0.1, 0.15) is 5.75 Å². The molecule has 2 rings (SSSR count). The summed E-state index contributed by atoms with van der Waals surface area (Å²) in [6.07, 6.45) is -5.07. The number of nitrogens with two attached hydrogens (primary N) is 1. The van der Waals surface area contributed by atoms with E-state index in [2.05, 4.69) is 5.73 Å². The molecule has 1 aliphatic rings. The topological polar surface area (TPSA) is 38.5 Å². The van der Waals surface area contributed by atoms with E-state index >= 15 is 0 Å². The summed E-state index contributed by atoms with van der Waals surface area (Å²) in [4.78, 5) is 1.62. The summed E-state index contributed by atoms with van der Waals surface area (Å²) >= 11 is 0. The highest BCUT2D eigenvalue weighted by Crippen LogP contribution is 2.38. The van der Waals surface area contributed by atoms with Crippen molar-refractivity contribution in [1.82, 2.24) is 0 Å². The van der Waals surface area contributed by atoms with Crippen LogP contribution in [-0.2, 0) is 6.18 Å². The van der Waals surface area contributed by atoms with E-state index in [9.17, 15) is 22.0 Å². The quantitative estimate of drug-likeness (QED) is 0.845. The molecular formula is C14H19F5N2O. The number of anilines is 1. The second kappa shape index (κ2) is 7.13. The molecule has 2 N–H and O–H groups in total. The number of methoxy groups -OCH3 is 1. The van der Waals surface area contributed by atoms with E-state index in [4.69, 9.17) is 4.74 Å². The first-order valence-corrected chi connectivity index (χ1v) is 6.69. The zero-order chi connectivity index (χ0) is 17.0. The lowest BCUT2D eigenvalue weighted by Crippen LogP contribution is -2.39. The van der Waals surface area contributed by atoms with Gasteiger partial charge in [0, 0.05) is 25.9 Å². The lowest BCUT2D eigenvalue weighted by atomic mass is 10.1.